The highest BCUT2D eigenvalue weighted by Crippen LogP contribution is 2.17. The lowest BCUT2D eigenvalue weighted by Gasteiger charge is -2.25. The second-order valence-corrected chi connectivity index (χ2v) is 22.7. The van der Waals surface area contributed by atoms with Crippen molar-refractivity contribution in [2.75, 3.05) is 47.5 Å². The first-order valence-corrected chi connectivity index (χ1v) is 32.7. The van der Waals surface area contributed by atoms with E-state index in [1.54, 1.807) is 0 Å². The summed E-state index contributed by atoms with van der Waals surface area (Å²) in [7, 11) is 5.96. The number of carboxylic acid groups (broad SMARTS) is 1. The highest BCUT2D eigenvalue weighted by atomic mass is 16.7. The predicted molar refractivity (Wildman–Crippen MR) is 345 cm³/mol. The Morgan fingerprint density at radius 1 is 0.370 bits per heavy atom. The fourth-order valence-electron chi connectivity index (χ4n) is 8.77. The number of ether oxygens (including phenoxy) is 4. The van der Waals surface area contributed by atoms with Crippen molar-refractivity contribution in [3.63, 3.8) is 0 Å². The average molecular weight is 1130 g/mol. The van der Waals surface area contributed by atoms with Gasteiger partial charge in [0.25, 0.3) is 6.29 Å². The normalized spacial score (nSPS) is 13.5. The lowest BCUT2D eigenvalue weighted by Crippen LogP contribution is -2.40. The molecule has 0 aliphatic carbocycles. The summed E-state index contributed by atoms with van der Waals surface area (Å²) in [6.45, 7) is 4.63. The van der Waals surface area contributed by atoms with Crippen molar-refractivity contribution >= 4 is 17.9 Å². The number of allylic oxidation sites excluding steroid dienone is 20. The summed E-state index contributed by atoms with van der Waals surface area (Å²) in [6.07, 6.45) is 84.4. The van der Waals surface area contributed by atoms with E-state index in [0.29, 0.717) is 17.4 Å². The summed E-state index contributed by atoms with van der Waals surface area (Å²) in [6, 6.07) is 0. The first kappa shape index (κ1) is 76.7. The van der Waals surface area contributed by atoms with Crippen LogP contribution in [0.1, 0.15) is 258 Å². The minimum atomic E-state index is -1.52. The number of rotatable bonds is 59. The Morgan fingerprint density at radius 2 is 0.667 bits per heavy atom. The van der Waals surface area contributed by atoms with Crippen LogP contribution in [0.5, 0.6) is 0 Å². The predicted octanol–water partition coefficient (Wildman–Crippen LogP) is 20.0. The number of aliphatic carboxylic acids is 1. The van der Waals surface area contributed by atoms with Crippen molar-refractivity contribution in [3.8, 4) is 0 Å². The van der Waals surface area contributed by atoms with Crippen LogP contribution in [-0.2, 0) is 33.3 Å². The number of hydrogen-bond acceptors (Lipinski definition) is 7. The molecule has 0 aromatic heterocycles. The SMILES string of the molecule is CC/C=C\C/C=C\C/C=C\C/C=C\C/C=C\CCCCCCCCCCCCCCCCCCCCCC(=O)OC(COC(=O)CCCCCCC/C=C\C/C=C\C/C=C\C/C=C\C/C=C\CC)COC(OCC[N+](C)(C)C)C(=O)O. The van der Waals surface area contributed by atoms with Crippen LogP contribution in [0.4, 0.5) is 0 Å². The molecule has 0 heterocycles. The zero-order valence-electron chi connectivity index (χ0n) is 52.7. The van der Waals surface area contributed by atoms with Crippen LogP contribution in [0, 0.1) is 0 Å². The van der Waals surface area contributed by atoms with Gasteiger partial charge in [-0.05, 0) is 103 Å². The Balaban J connectivity index is 4.14. The molecule has 9 nitrogen and oxygen atoms in total. The first-order chi connectivity index (χ1) is 39.6. The molecule has 2 atom stereocenters. The highest BCUT2D eigenvalue weighted by Gasteiger charge is 2.25. The van der Waals surface area contributed by atoms with Gasteiger partial charge in [-0.2, -0.15) is 0 Å². The minimum absolute atomic E-state index is 0.180. The molecular weight excluding hydrogens is 1010 g/mol. The number of quaternary nitrogens is 1. The van der Waals surface area contributed by atoms with Gasteiger partial charge in [-0.1, -0.05) is 264 Å². The maximum atomic E-state index is 12.9. The Kier molecular flexibility index (Phi) is 58.5. The molecule has 0 amide bonds. The summed E-state index contributed by atoms with van der Waals surface area (Å²) in [5.74, 6) is -2.03. The summed E-state index contributed by atoms with van der Waals surface area (Å²) >= 11 is 0. The second kappa shape index (κ2) is 61.8. The van der Waals surface area contributed by atoms with Crippen molar-refractivity contribution in [3.05, 3.63) is 122 Å². The van der Waals surface area contributed by atoms with Crippen LogP contribution in [0.15, 0.2) is 122 Å². The van der Waals surface area contributed by atoms with Gasteiger partial charge in [-0.25, -0.2) is 4.79 Å². The Bertz CT molecular complexity index is 1740. The maximum Gasteiger partial charge on any atom is 0.361 e. The van der Waals surface area contributed by atoms with Gasteiger partial charge in [0.1, 0.15) is 13.2 Å². The fraction of sp³-hybridized carbons (Fsp3) is 0.681. The van der Waals surface area contributed by atoms with Crippen molar-refractivity contribution in [1.82, 2.24) is 0 Å². The molecule has 0 aliphatic heterocycles. The quantitative estimate of drug-likeness (QED) is 0.0211. The number of likely N-dealkylation sites (N-methyl/N-ethyl adjacent to an activating group) is 1. The molecule has 0 aromatic rings. The van der Waals surface area contributed by atoms with Gasteiger partial charge < -0.3 is 28.5 Å². The zero-order chi connectivity index (χ0) is 59.1. The highest BCUT2D eigenvalue weighted by molar-refractivity contribution is 5.71. The van der Waals surface area contributed by atoms with E-state index < -0.39 is 24.3 Å². The molecule has 1 N–H and O–H groups in total. The third kappa shape index (κ3) is 63.1. The Labute approximate surface area is 497 Å². The van der Waals surface area contributed by atoms with Crippen molar-refractivity contribution < 1.29 is 42.9 Å². The van der Waals surface area contributed by atoms with Gasteiger partial charge in [0.2, 0.25) is 0 Å². The van der Waals surface area contributed by atoms with Crippen molar-refractivity contribution in [1.29, 1.82) is 0 Å². The van der Waals surface area contributed by atoms with Gasteiger partial charge in [-0.15, -0.1) is 0 Å². The molecule has 0 rings (SSSR count). The molecule has 0 aliphatic rings. The standard InChI is InChI=1S/C72H121NO8/c1-6-8-10-12-14-16-18-20-22-24-26-28-29-30-31-32-33-34-35-36-37-38-39-40-41-43-45-47-49-51-53-55-57-59-61-63-70(75)81-68(67-80-72(71(76)77)78-65-64-73(3,4)5)66-79-69(74)62-60-58-56-54-52-50-48-46-44-42-27-25-23-21-19-17-15-13-11-9-7-2/h8-11,14-17,20-23,26-28,30-31,42,46,48,68,72H,6-7,12-13,18-19,24-25,29,32-41,43-45,47,49-67H2,1-5H3/p+1/b10-8-,11-9-,16-14-,17-15-,22-20-,23-21-,28-26-,31-30-,42-27-,48-46-. The van der Waals surface area contributed by atoms with Crippen molar-refractivity contribution in [2.24, 2.45) is 0 Å². The van der Waals surface area contributed by atoms with E-state index in [4.69, 9.17) is 18.9 Å². The molecule has 0 bridgehead atoms. The van der Waals surface area contributed by atoms with E-state index >= 15 is 0 Å². The maximum absolute atomic E-state index is 12.9. The molecule has 0 aromatic carbocycles. The summed E-state index contributed by atoms with van der Waals surface area (Å²) in [5.41, 5.74) is 0. The molecule has 81 heavy (non-hydrogen) atoms. The van der Waals surface area contributed by atoms with Crippen LogP contribution in [0.2, 0.25) is 0 Å². The number of hydrogen-bond donors (Lipinski definition) is 1. The van der Waals surface area contributed by atoms with Gasteiger partial charge in [-0.3, -0.25) is 9.59 Å². The number of carbonyl (C=O) groups excluding carboxylic acids is 2. The molecule has 0 spiro atoms. The Morgan fingerprint density at radius 3 is 0.988 bits per heavy atom. The zero-order valence-corrected chi connectivity index (χ0v) is 52.7. The number of esters is 2. The molecule has 0 saturated carbocycles. The van der Waals surface area contributed by atoms with E-state index in [2.05, 4.69) is 135 Å². The summed E-state index contributed by atoms with van der Waals surface area (Å²) < 4.78 is 22.9. The second-order valence-electron chi connectivity index (χ2n) is 22.7. The van der Waals surface area contributed by atoms with Crippen LogP contribution in [-0.4, -0.2) is 87.4 Å². The molecular formula is C72H122NO8+. The van der Waals surface area contributed by atoms with Crippen LogP contribution in [0.3, 0.4) is 0 Å². The van der Waals surface area contributed by atoms with Crippen LogP contribution >= 0.6 is 0 Å². The van der Waals surface area contributed by atoms with E-state index in [1.165, 1.54) is 109 Å². The fourth-order valence-corrected chi connectivity index (χ4v) is 8.77. The van der Waals surface area contributed by atoms with E-state index in [0.717, 1.165) is 116 Å². The van der Waals surface area contributed by atoms with Gasteiger partial charge in [0, 0.05) is 12.8 Å². The third-order valence-electron chi connectivity index (χ3n) is 13.7. The first-order valence-electron chi connectivity index (χ1n) is 32.7. The lowest BCUT2D eigenvalue weighted by atomic mass is 10.0. The van der Waals surface area contributed by atoms with Crippen LogP contribution < -0.4 is 0 Å². The summed E-state index contributed by atoms with van der Waals surface area (Å²) in [5, 5.41) is 9.73. The van der Waals surface area contributed by atoms with Crippen molar-refractivity contribution in [2.45, 2.75) is 270 Å². The number of carbonyl (C=O) groups is 3. The smallest absolute Gasteiger partial charge is 0.361 e. The average Bonchev–Trinajstić information content (AvgIpc) is 3.44. The van der Waals surface area contributed by atoms with Gasteiger partial charge in [0.05, 0.1) is 34.4 Å². The lowest BCUT2D eigenvalue weighted by molar-refractivity contribution is -0.870. The molecule has 0 saturated heterocycles. The number of carboxylic acids is 1. The largest absolute Gasteiger partial charge is 0.477 e. The van der Waals surface area contributed by atoms with E-state index in [9.17, 15) is 19.5 Å². The minimum Gasteiger partial charge on any atom is -0.477 e. The topological polar surface area (TPSA) is 108 Å². The van der Waals surface area contributed by atoms with Gasteiger partial charge in [0.15, 0.2) is 6.10 Å². The molecule has 462 valence electrons. The third-order valence-corrected chi connectivity index (χ3v) is 13.7. The monoisotopic (exact) mass is 1130 g/mol. The van der Waals surface area contributed by atoms with E-state index in [1.807, 2.05) is 21.1 Å². The summed E-state index contributed by atoms with van der Waals surface area (Å²) in [4.78, 5) is 37.5. The number of nitrogens with zero attached hydrogens (tertiary/aromatic N) is 1. The van der Waals surface area contributed by atoms with E-state index in [-0.39, 0.29) is 38.6 Å². The molecule has 0 radical (unpaired) electrons. The van der Waals surface area contributed by atoms with Crippen LogP contribution in [0.25, 0.3) is 0 Å². The molecule has 0 fully saturated rings. The van der Waals surface area contributed by atoms with Gasteiger partial charge >= 0.3 is 17.9 Å². The number of unbranched alkanes of at least 4 members (excludes halogenated alkanes) is 24. The molecule has 2 unspecified atom stereocenters. The molecule has 9 heteroatoms. The Hall–Kier alpha value is -4.31.